The van der Waals surface area contributed by atoms with E-state index < -0.39 is 0 Å². The predicted octanol–water partition coefficient (Wildman–Crippen LogP) is 1.41. The van der Waals surface area contributed by atoms with Crippen LogP contribution in [0.2, 0.25) is 0 Å². The van der Waals surface area contributed by atoms with Crippen LogP contribution in [0.1, 0.15) is 28.3 Å². The van der Waals surface area contributed by atoms with Crippen molar-refractivity contribution in [3.8, 4) is 5.88 Å². The standard InChI is InChI=1S/C17H23N5O3S/c1-11-3-4-13(25-11)14(21-7-5-20(6-8-21)9-10-23)15-16(24)22-17(26-15)18-12(2)19-22/h3-4,14,23-24H,5-10H2,1-2H3. The predicted molar refractivity (Wildman–Crippen MR) is 97.7 cm³/mol. The molecule has 2 N–H and O–H groups in total. The zero-order valence-corrected chi connectivity index (χ0v) is 15.7. The summed E-state index contributed by atoms with van der Waals surface area (Å²) in [6, 6.07) is 3.75. The molecule has 9 heteroatoms. The molecule has 4 rings (SSSR count). The molecule has 140 valence electrons. The first-order valence-corrected chi connectivity index (χ1v) is 9.57. The van der Waals surface area contributed by atoms with Crippen LogP contribution in [0.5, 0.6) is 5.88 Å². The number of hydrogen-bond acceptors (Lipinski definition) is 8. The summed E-state index contributed by atoms with van der Waals surface area (Å²) in [6.45, 7) is 8.01. The molecule has 1 fully saturated rings. The highest BCUT2D eigenvalue weighted by atomic mass is 32.1. The van der Waals surface area contributed by atoms with Crippen molar-refractivity contribution >= 4 is 16.3 Å². The number of furan rings is 1. The lowest BCUT2D eigenvalue weighted by atomic mass is 10.1. The van der Waals surface area contributed by atoms with Gasteiger partial charge in [-0.2, -0.15) is 4.52 Å². The van der Waals surface area contributed by atoms with Crippen molar-refractivity contribution in [2.24, 2.45) is 0 Å². The van der Waals surface area contributed by atoms with Gasteiger partial charge in [0.15, 0.2) is 0 Å². The molecule has 0 aliphatic carbocycles. The van der Waals surface area contributed by atoms with Crippen molar-refractivity contribution in [3.05, 3.63) is 34.4 Å². The van der Waals surface area contributed by atoms with Gasteiger partial charge in [0.2, 0.25) is 10.8 Å². The Morgan fingerprint density at radius 2 is 2.00 bits per heavy atom. The summed E-state index contributed by atoms with van der Waals surface area (Å²) < 4.78 is 7.43. The third-order valence-corrected chi connectivity index (χ3v) is 5.85. The number of rotatable bonds is 5. The smallest absolute Gasteiger partial charge is 0.230 e. The van der Waals surface area contributed by atoms with E-state index >= 15 is 0 Å². The van der Waals surface area contributed by atoms with Crippen LogP contribution in [-0.2, 0) is 0 Å². The number of aromatic hydroxyl groups is 1. The van der Waals surface area contributed by atoms with Crippen LogP contribution in [-0.4, -0.2) is 73.9 Å². The fourth-order valence-electron chi connectivity index (χ4n) is 3.49. The van der Waals surface area contributed by atoms with Gasteiger partial charge in [0.1, 0.15) is 23.4 Å². The van der Waals surface area contributed by atoms with E-state index in [9.17, 15) is 5.11 Å². The van der Waals surface area contributed by atoms with Gasteiger partial charge in [0.05, 0.1) is 11.5 Å². The second kappa shape index (κ2) is 6.99. The first-order chi connectivity index (χ1) is 12.6. The van der Waals surface area contributed by atoms with Gasteiger partial charge in [-0.3, -0.25) is 9.80 Å². The fourth-order valence-corrected chi connectivity index (χ4v) is 4.63. The first kappa shape index (κ1) is 17.5. The summed E-state index contributed by atoms with van der Waals surface area (Å²) in [5.41, 5.74) is 0. The van der Waals surface area contributed by atoms with E-state index in [0.29, 0.717) is 17.3 Å². The number of aliphatic hydroxyl groups excluding tert-OH is 1. The Hall–Kier alpha value is -1.94. The molecule has 0 radical (unpaired) electrons. The van der Waals surface area contributed by atoms with E-state index in [1.54, 1.807) is 0 Å². The molecule has 8 nitrogen and oxygen atoms in total. The minimum absolute atomic E-state index is 0.127. The zero-order valence-electron chi connectivity index (χ0n) is 14.9. The molecule has 26 heavy (non-hydrogen) atoms. The van der Waals surface area contributed by atoms with Gasteiger partial charge in [0.25, 0.3) is 0 Å². The topological polar surface area (TPSA) is 90.3 Å². The average molecular weight is 377 g/mol. The number of fused-ring (bicyclic) bond motifs is 1. The number of piperazine rings is 1. The average Bonchev–Trinajstić information content (AvgIpc) is 3.28. The summed E-state index contributed by atoms with van der Waals surface area (Å²) in [4.78, 5) is 10.4. The summed E-state index contributed by atoms with van der Waals surface area (Å²) in [5, 5.41) is 24.2. The molecule has 0 bridgehead atoms. The van der Waals surface area contributed by atoms with Gasteiger partial charge in [-0.25, -0.2) is 4.98 Å². The number of nitrogens with zero attached hydrogens (tertiary/aromatic N) is 5. The maximum atomic E-state index is 10.8. The van der Waals surface area contributed by atoms with E-state index in [1.165, 1.54) is 15.9 Å². The molecule has 1 aliphatic heterocycles. The van der Waals surface area contributed by atoms with Gasteiger partial charge in [-0.05, 0) is 26.0 Å². The van der Waals surface area contributed by atoms with Crippen molar-refractivity contribution in [2.45, 2.75) is 19.9 Å². The van der Waals surface area contributed by atoms with Gasteiger partial charge >= 0.3 is 0 Å². The Labute approximate surface area is 155 Å². The number of β-amino-alcohol motifs (C(OH)–C–C–N with tert-alkyl or cyclic N) is 1. The van der Waals surface area contributed by atoms with Gasteiger partial charge in [0, 0.05) is 32.7 Å². The van der Waals surface area contributed by atoms with E-state index in [1.807, 2.05) is 26.0 Å². The molecule has 0 spiro atoms. The van der Waals surface area contributed by atoms with E-state index in [2.05, 4.69) is 19.9 Å². The molecule has 0 saturated carbocycles. The highest BCUT2D eigenvalue weighted by Gasteiger charge is 2.33. The lowest BCUT2D eigenvalue weighted by molar-refractivity contribution is 0.0880. The molecular weight excluding hydrogens is 354 g/mol. The monoisotopic (exact) mass is 377 g/mol. The third-order valence-electron chi connectivity index (χ3n) is 4.77. The third kappa shape index (κ3) is 3.11. The van der Waals surface area contributed by atoms with Crippen LogP contribution in [0.15, 0.2) is 16.5 Å². The molecule has 1 aliphatic rings. The minimum Gasteiger partial charge on any atom is -0.492 e. The van der Waals surface area contributed by atoms with Crippen LogP contribution in [0.3, 0.4) is 0 Å². The Balaban J connectivity index is 1.69. The Morgan fingerprint density at radius 1 is 1.23 bits per heavy atom. The second-order valence-electron chi connectivity index (χ2n) is 6.60. The van der Waals surface area contributed by atoms with Crippen LogP contribution >= 0.6 is 11.3 Å². The lowest BCUT2D eigenvalue weighted by Gasteiger charge is -2.37. The molecule has 0 amide bonds. The largest absolute Gasteiger partial charge is 0.492 e. The number of aryl methyl sites for hydroxylation is 2. The highest BCUT2D eigenvalue weighted by molar-refractivity contribution is 7.17. The first-order valence-electron chi connectivity index (χ1n) is 8.75. The van der Waals surface area contributed by atoms with Gasteiger partial charge in [-0.15, -0.1) is 5.10 Å². The molecule has 1 atom stereocenters. The maximum Gasteiger partial charge on any atom is 0.230 e. The summed E-state index contributed by atoms with van der Waals surface area (Å²) >= 11 is 1.45. The zero-order chi connectivity index (χ0) is 18.3. The maximum absolute atomic E-state index is 10.8. The van der Waals surface area contributed by atoms with Crippen LogP contribution in [0, 0.1) is 13.8 Å². The van der Waals surface area contributed by atoms with E-state index in [4.69, 9.17) is 9.52 Å². The van der Waals surface area contributed by atoms with Crippen LogP contribution < -0.4 is 0 Å². The highest BCUT2D eigenvalue weighted by Crippen LogP contribution is 2.40. The number of aromatic nitrogens is 3. The second-order valence-corrected chi connectivity index (χ2v) is 7.60. The van der Waals surface area contributed by atoms with Crippen LogP contribution in [0.25, 0.3) is 4.96 Å². The Bertz CT molecular complexity index is 894. The number of aliphatic hydroxyl groups is 1. The summed E-state index contributed by atoms with van der Waals surface area (Å²) in [5.74, 6) is 2.43. The Morgan fingerprint density at radius 3 is 2.62 bits per heavy atom. The van der Waals surface area contributed by atoms with Gasteiger partial charge < -0.3 is 14.6 Å². The van der Waals surface area contributed by atoms with E-state index in [-0.39, 0.29) is 18.5 Å². The molecule has 3 aromatic heterocycles. The Kier molecular flexibility index (Phi) is 4.70. The van der Waals surface area contributed by atoms with Crippen molar-refractivity contribution in [2.75, 3.05) is 39.3 Å². The summed E-state index contributed by atoms with van der Waals surface area (Å²) in [6.07, 6.45) is 0. The number of hydrogen-bond donors (Lipinski definition) is 2. The van der Waals surface area contributed by atoms with Crippen molar-refractivity contribution < 1.29 is 14.6 Å². The van der Waals surface area contributed by atoms with Crippen LogP contribution in [0.4, 0.5) is 0 Å². The normalized spacial score (nSPS) is 18.0. The molecule has 4 heterocycles. The van der Waals surface area contributed by atoms with Gasteiger partial charge in [-0.1, -0.05) is 11.3 Å². The summed E-state index contributed by atoms with van der Waals surface area (Å²) in [7, 11) is 0. The number of thiazole rings is 1. The molecule has 1 unspecified atom stereocenters. The van der Waals surface area contributed by atoms with Crippen molar-refractivity contribution in [1.29, 1.82) is 0 Å². The van der Waals surface area contributed by atoms with Crippen molar-refractivity contribution in [1.82, 2.24) is 24.4 Å². The lowest BCUT2D eigenvalue weighted by Crippen LogP contribution is -2.48. The van der Waals surface area contributed by atoms with Crippen molar-refractivity contribution in [3.63, 3.8) is 0 Å². The SMILES string of the molecule is Cc1nc2sc(C(c3ccc(C)o3)N3CCN(CCO)CC3)c(O)n2n1. The van der Waals surface area contributed by atoms with E-state index in [0.717, 1.165) is 42.6 Å². The quantitative estimate of drug-likeness (QED) is 0.695. The molecule has 0 aromatic carbocycles. The fraction of sp³-hybridized carbons (Fsp3) is 0.529. The minimum atomic E-state index is -0.172. The molecule has 3 aromatic rings. The molecule has 1 saturated heterocycles. The molecular formula is C17H23N5O3S.